The van der Waals surface area contributed by atoms with E-state index in [9.17, 15) is 4.79 Å². The summed E-state index contributed by atoms with van der Waals surface area (Å²) in [6, 6.07) is 1.73. The fourth-order valence-corrected chi connectivity index (χ4v) is 1.07. The molecule has 4 nitrogen and oxygen atoms in total. The van der Waals surface area contributed by atoms with Gasteiger partial charge >= 0.3 is 0 Å². The first kappa shape index (κ1) is 9.92. The van der Waals surface area contributed by atoms with E-state index in [1.807, 2.05) is 0 Å². The van der Waals surface area contributed by atoms with Gasteiger partial charge in [0, 0.05) is 33.4 Å². The summed E-state index contributed by atoms with van der Waals surface area (Å²) in [6.45, 7) is 0.624. The van der Waals surface area contributed by atoms with Gasteiger partial charge in [-0.2, -0.15) is 5.10 Å². The van der Waals surface area contributed by atoms with Crippen LogP contribution in [0.4, 0.5) is 0 Å². The van der Waals surface area contributed by atoms with Crippen molar-refractivity contribution in [3.05, 3.63) is 18.0 Å². The largest absolute Gasteiger partial charge is 0.385 e. The van der Waals surface area contributed by atoms with Crippen molar-refractivity contribution in [2.45, 2.75) is 12.8 Å². The van der Waals surface area contributed by atoms with E-state index in [-0.39, 0.29) is 5.78 Å². The first-order valence-electron chi connectivity index (χ1n) is 4.26. The number of ketones is 1. The lowest BCUT2D eigenvalue weighted by Gasteiger charge is -1.96. The zero-order chi connectivity index (χ0) is 9.68. The molecule has 1 aromatic rings. The maximum absolute atomic E-state index is 11.4. The topological polar surface area (TPSA) is 44.1 Å². The molecule has 0 N–H and O–H groups in total. The Balaban J connectivity index is 2.40. The van der Waals surface area contributed by atoms with Gasteiger partial charge in [0.15, 0.2) is 5.78 Å². The Morgan fingerprint density at radius 3 is 3.00 bits per heavy atom. The Bertz CT molecular complexity index is 281. The fraction of sp³-hybridized carbons (Fsp3) is 0.556. The molecule has 4 heteroatoms. The Labute approximate surface area is 77.5 Å². The van der Waals surface area contributed by atoms with E-state index in [4.69, 9.17) is 4.74 Å². The number of aryl methyl sites for hydroxylation is 1. The van der Waals surface area contributed by atoms with Gasteiger partial charge in [0.25, 0.3) is 0 Å². The van der Waals surface area contributed by atoms with Crippen molar-refractivity contribution < 1.29 is 9.53 Å². The molecule has 0 aliphatic heterocycles. The Morgan fingerprint density at radius 1 is 1.69 bits per heavy atom. The second kappa shape index (κ2) is 4.77. The number of methoxy groups -OCH3 is 1. The maximum Gasteiger partial charge on any atom is 0.183 e. The van der Waals surface area contributed by atoms with Gasteiger partial charge in [0.2, 0.25) is 0 Å². The predicted octanol–water partition coefficient (Wildman–Crippen LogP) is 1.03. The minimum absolute atomic E-state index is 0.0812. The highest BCUT2D eigenvalue weighted by molar-refractivity contribution is 5.94. The van der Waals surface area contributed by atoms with Crippen LogP contribution in [-0.2, 0) is 11.8 Å². The van der Waals surface area contributed by atoms with Gasteiger partial charge in [-0.3, -0.25) is 9.48 Å². The number of aromatic nitrogens is 2. The minimum Gasteiger partial charge on any atom is -0.385 e. The molecule has 72 valence electrons. The molecule has 0 radical (unpaired) electrons. The zero-order valence-electron chi connectivity index (χ0n) is 7.99. The smallest absolute Gasteiger partial charge is 0.183 e. The molecule has 0 bridgehead atoms. The van der Waals surface area contributed by atoms with Crippen LogP contribution >= 0.6 is 0 Å². The third-order valence-electron chi connectivity index (χ3n) is 1.75. The Kier molecular flexibility index (Phi) is 3.64. The highest BCUT2D eigenvalue weighted by atomic mass is 16.5. The minimum atomic E-state index is 0.0812. The summed E-state index contributed by atoms with van der Waals surface area (Å²) in [5, 5.41) is 4.02. The average Bonchev–Trinajstić information content (AvgIpc) is 2.52. The summed E-state index contributed by atoms with van der Waals surface area (Å²) >= 11 is 0. The SMILES string of the molecule is COCCCC(=O)c1ccn(C)n1. The summed E-state index contributed by atoms with van der Waals surface area (Å²) in [4.78, 5) is 11.4. The van der Waals surface area contributed by atoms with Crippen LogP contribution in [-0.4, -0.2) is 29.3 Å². The van der Waals surface area contributed by atoms with Crippen molar-refractivity contribution in [1.82, 2.24) is 9.78 Å². The van der Waals surface area contributed by atoms with Crippen LogP contribution in [0.15, 0.2) is 12.3 Å². The number of hydrogen-bond donors (Lipinski definition) is 0. The van der Waals surface area contributed by atoms with Crippen LogP contribution in [0.25, 0.3) is 0 Å². The zero-order valence-corrected chi connectivity index (χ0v) is 7.99. The van der Waals surface area contributed by atoms with Crippen molar-refractivity contribution in [2.75, 3.05) is 13.7 Å². The van der Waals surface area contributed by atoms with Crippen LogP contribution in [0.3, 0.4) is 0 Å². The van der Waals surface area contributed by atoms with E-state index < -0.39 is 0 Å². The molecular formula is C9H14N2O2. The molecule has 0 saturated heterocycles. The van der Waals surface area contributed by atoms with Crippen molar-refractivity contribution in [3.8, 4) is 0 Å². The van der Waals surface area contributed by atoms with Crippen molar-refractivity contribution in [2.24, 2.45) is 7.05 Å². The van der Waals surface area contributed by atoms with Crippen LogP contribution in [0, 0.1) is 0 Å². The molecule has 0 atom stereocenters. The number of ether oxygens (including phenoxy) is 1. The van der Waals surface area contributed by atoms with E-state index in [0.717, 1.165) is 6.42 Å². The Morgan fingerprint density at radius 2 is 2.46 bits per heavy atom. The fourth-order valence-electron chi connectivity index (χ4n) is 1.07. The summed E-state index contributed by atoms with van der Waals surface area (Å²) < 4.78 is 6.48. The van der Waals surface area contributed by atoms with Gasteiger partial charge in [-0.25, -0.2) is 0 Å². The first-order valence-corrected chi connectivity index (χ1v) is 4.26. The maximum atomic E-state index is 11.4. The highest BCUT2D eigenvalue weighted by Crippen LogP contribution is 2.01. The van der Waals surface area contributed by atoms with Gasteiger partial charge in [-0.1, -0.05) is 0 Å². The number of nitrogens with zero attached hydrogens (tertiary/aromatic N) is 2. The van der Waals surface area contributed by atoms with Crippen LogP contribution in [0.1, 0.15) is 23.3 Å². The molecule has 0 aliphatic rings. The lowest BCUT2D eigenvalue weighted by molar-refractivity contribution is 0.0958. The number of rotatable bonds is 5. The molecule has 0 spiro atoms. The van der Waals surface area contributed by atoms with Gasteiger partial charge in [-0.05, 0) is 12.5 Å². The van der Waals surface area contributed by atoms with E-state index in [0.29, 0.717) is 18.7 Å². The second-order valence-electron chi connectivity index (χ2n) is 2.89. The molecule has 0 unspecified atom stereocenters. The van der Waals surface area contributed by atoms with Gasteiger partial charge in [0.05, 0.1) is 0 Å². The second-order valence-corrected chi connectivity index (χ2v) is 2.89. The van der Waals surface area contributed by atoms with Gasteiger partial charge in [-0.15, -0.1) is 0 Å². The molecule has 13 heavy (non-hydrogen) atoms. The number of hydrogen-bond acceptors (Lipinski definition) is 3. The predicted molar refractivity (Wildman–Crippen MR) is 48.6 cm³/mol. The van der Waals surface area contributed by atoms with Crippen LogP contribution < -0.4 is 0 Å². The molecule has 1 heterocycles. The third kappa shape index (κ3) is 2.99. The Hall–Kier alpha value is -1.16. The van der Waals surface area contributed by atoms with E-state index >= 15 is 0 Å². The van der Waals surface area contributed by atoms with E-state index in [1.54, 1.807) is 31.1 Å². The molecule has 0 amide bonds. The molecule has 1 aromatic heterocycles. The summed E-state index contributed by atoms with van der Waals surface area (Å²) in [5.74, 6) is 0.0812. The molecule has 0 saturated carbocycles. The lowest BCUT2D eigenvalue weighted by Crippen LogP contribution is -2.03. The number of carbonyl (C=O) groups is 1. The van der Waals surface area contributed by atoms with Crippen molar-refractivity contribution in [1.29, 1.82) is 0 Å². The third-order valence-corrected chi connectivity index (χ3v) is 1.75. The van der Waals surface area contributed by atoms with Crippen LogP contribution in [0.2, 0.25) is 0 Å². The quantitative estimate of drug-likeness (QED) is 0.504. The van der Waals surface area contributed by atoms with Gasteiger partial charge in [0.1, 0.15) is 5.69 Å². The summed E-state index contributed by atoms with van der Waals surface area (Å²) in [6.07, 6.45) is 3.03. The first-order chi connectivity index (χ1) is 6.24. The summed E-state index contributed by atoms with van der Waals surface area (Å²) in [5.41, 5.74) is 0.540. The number of carbonyl (C=O) groups excluding carboxylic acids is 1. The molecule has 0 aromatic carbocycles. The average molecular weight is 182 g/mol. The lowest BCUT2D eigenvalue weighted by atomic mass is 10.2. The summed E-state index contributed by atoms with van der Waals surface area (Å²) in [7, 11) is 3.43. The highest BCUT2D eigenvalue weighted by Gasteiger charge is 2.07. The van der Waals surface area contributed by atoms with Crippen LogP contribution in [0.5, 0.6) is 0 Å². The molecular weight excluding hydrogens is 168 g/mol. The van der Waals surface area contributed by atoms with E-state index in [1.165, 1.54) is 0 Å². The molecule has 0 aliphatic carbocycles. The number of Topliss-reactive ketones (excluding diaryl/α,β-unsaturated/α-hetero) is 1. The monoisotopic (exact) mass is 182 g/mol. The standard InChI is InChI=1S/C9H14N2O2/c1-11-6-5-8(10-11)9(12)4-3-7-13-2/h5-6H,3-4,7H2,1-2H3. The van der Waals surface area contributed by atoms with Gasteiger partial charge < -0.3 is 4.74 Å². The van der Waals surface area contributed by atoms with Crippen molar-refractivity contribution in [3.63, 3.8) is 0 Å². The molecule has 0 fully saturated rings. The van der Waals surface area contributed by atoms with E-state index in [2.05, 4.69) is 5.10 Å². The van der Waals surface area contributed by atoms with Crippen molar-refractivity contribution >= 4 is 5.78 Å². The normalized spacial score (nSPS) is 10.3. The molecule has 1 rings (SSSR count).